The van der Waals surface area contributed by atoms with Crippen molar-refractivity contribution in [3.05, 3.63) is 120 Å². The van der Waals surface area contributed by atoms with E-state index in [9.17, 15) is 4.79 Å². The lowest BCUT2D eigenvalue weighted by Crippen LogP contribution is -2.13. The normalized spacial score (nSPS) is 11.7. The molecule has 0 saturated carbocycles. The van der Waals surface area contributed by atoms with Crippen molar-refractivity contribution < 1.29 is 9.53 Å². The molecule has 0 aliphatic carbocycles. The van der Waals surface area contributed by atoms with E-state index in [1.165, 1.54) is 5.56 Å². The molecule has 0 aliphatic heterocycles. The van der Waals surface area contributed by atoms with Crippen molar-refractivity contribution in [2.75, 3.05) is 12.4 Å². The summed E-state index contributed by atoms with van der Waals surface area (Å²) in [4.78, 5) is 17.3. The number of aryl methyl sites for hydroxylation is 1. The summed E-state index contributed by atoms with van der Waals surface area (Å²) < 4.78 is 5.26. The van der Waals surface area contributed by atoms with Gasteiger partial charge in [0.15, 0.2) is 0 Å². The number of rotatable bonds is 5. The summed E-state index contributed by atoms with van der Waals surface area (Å²) in [5.41, 5.74) is 6.62. The molecule has 0 saturated heterocycles. The number of nitrogens with zero attached hydrogens (tertiary/aromatic N) is 2. The highest BCUT2D eigenvalue weighted by atomic mass is 16.5. The molecule has 7 rings (SSSR count). The van der Waals surface area contributed by atoms with Gasteiger partial charge < -0.3 is 15.0 Å². The minimum atomic E-state index is -0.214. The van der Waals surface area contributed by atoms with E-state index in [0.717, 1.165) is 60.4 Å². The number of methoxy groups -OCH3 is 1. The van der Waals surface area contributed by atoms with Gasteiger partial charge in [-0.2, -0.15) is 0 Å². The van der Waals surface area contributed by atoms with Gasteiger partial charge in [0.25, 0.3) is 5.91 Å². The number of aromatic amines is 1. The number of hydrogen-bond acceptors (Lipinski definition) is 4. The van der Waals surface area contributed by atoms with Crippen molar-refractivity contribution in [2.24, 2.45) is 10.2 Å². The minimum Gasteiger partial charge on any atom is -0.497 e. The molecule has 1 amide bonds. The van der Waals surface area contributed by atoms with Crippen LogP contribution in [0.3, 0.4) is 0 Å². The van der Waals surface area contributed by atoms with Crippen LogP contribution in [0.5, 0.6) is 5.75 Å². The van der Waals surface area contributed by atoms with E-state index in [1.54, 1.807) is 7.11 Å². The molecule has 6 aromatic carbocycles. The van der Waals surface area contributed by atoms with E-state index in [4.69, 9.17) is 15.0 Å². The molecule has 0 atom stereocenters. The van der Waals surface area contributed by atoms with E-state index < -0.39 is 0 Å². The Kier molecular flexibility index (Phi) is 6.16. The number of azo groups is 1. The SMILES string of the molecule is COc1ccc(NC(=O)c2cc3ccc4c5ccccc5[nH]c4c3c(N=Nc3cccc4cc(C)ccc34)c2C)cc1. The highest BCUT2D eigenvalue weighted by molar-refractivity contribution is 6.22. The molecule has 204 valence electrons. The van der Waals surface area contributed by atoms with Crippen LogP contribution in [0.1, 0.15) is 21.5 Å². The van der Waals surface area contributed by atoms with Gasteiger partial charge in [-0.3, -0.25) is 4.79 Å². The average Bonchev–Trinajstić information content (AvgIpc) is 3.39. The van der Waals surface area contributed by atoms with Crippen LogP contribution in [0.25, 0.3) is 43.4 Å². The summed E-state index contributed by atoms with van der Waals surface area (Å²) in [5, 5.41) is 18.9. The maximum Gasteiger partial charge on any atom is 0.256 e. The van der Waals surface area contributed by atoms with Crippen molar-refractivity contribution in [1.82, 2.24) is 4.98 Å². The first-order valence-corrected chi connectivity index (χ1v) is 13.8. The highest BCUT2D eigenvalue weighted by Crippen LogP contribution is 2.41. The van der Waals surface area contributed by atoms with Crippen molar-refractivity contribution in [3.63, 3.8) is 0 Å². The molecule has 7 aromatic rings. The van der Waals surface area contributed by atoms with Crippen molar-refractivity contribution in [1.29, 1.82) is 0 Å². The lowest BCUT2D eigenvalue weighted by atomic mass is 9.96. The van der Waals surface area contributed by atoms with Gasteiger partial charge in [-0.25, -0.2) is 0 Å². The number of anilines is 1. The largest absolute Gasteiger partial charge is 0.497 e. The number of amides is 1. The molecule has 0 fully saturated rings. The number of aromatic nitrogens is 1. The Morgan fingerprint density at radius 1 is 0.762 bits per heavy atom. The third-order valence-electron chi connectivity index (χ3n) is 7.87. The van der Waals surface area contributed by atoms with E-state index in [2.05, 4.69) is 65.8 Å². The van der Waals surface area contributed by atoms with E-state index >= 15 is 0 Å². The first kappa shape index (κ1) is 25.5. The number of H-pyrrole nitrogens is 1. The maximum absolute atomic E-state index is 13.6. The molecule has 0 aliphatic rings. The fourth-order valence-corrected chi connectivity index (χ4v) is 5.70. The predicted molar refractivity (Wildman–Crippen MR) is 172 cm³/mol. The zero-order chi connectivity index (χ0) is 28.8. The number of nitrogens with one attached hydrogen (secondary N) is 2. The van der Waals surface area contributed by atoms with Gasteiger partial charge in [-0.1, -0.05) is 66.2 Å². The maximum atomic E-state index is 13.6. The zero-order valence-electron chi connectivity index (χ0n) is 23.5. The van der Waals surface area contributed by atoms with E-state index in [1.807, 2.05) is 61.5 Å². The molecule has 0 bridgehead atoms. The molecule has 42 heavy (non-hydrogen) atoms. The summed E-state index contributed by atoms with van der Waals surface area (Å²) >= 11 is 0. The number of benzene rings is 6. The second-order valence-corrected chi connectivity index (χ2v) is 10.5. The van der Waals surface area contributed by atoms with Crippen LogP contribution < -0.4 is 10.1 Å². The molecule has 1 heterocycles. The Morgan fingerprint density at radius 3 is 2.40 bits per heavy atom. The van der Waals surface area contributed by atoms with Crippen molar-refractivity contribution >= 4 is 66.3 Å². The quantitative estimate of drug-likeness (QED) is 0.210. The van der Waals surface area contributed by atoms with Gasteiger partial charge in [0.1, 0.15) is 5.75 Å². The van der Waals surface area contributed by atoms with Crippen LogP contribution >= 0.6 is 0 Å². The van der Waals surface area contributed by atoms with Crippen LogP contribution in [0.2, 0.25) is 0 Å². The molecule has 0 unspecified atom stereocenters. The lowest BCUT2D eigenvalue weighted by molar-refractivity contribution is 0.102. The standard InChI is InChI=1S/C36H28N4O2/c1-21-11-17-27-23(19-21)7-6-10-32(27)39-40-34-22(2)30(36(41)37-25-13-15-26(42-3)16-14-25)20-24-12-18-29-28-8-4-5-9-31(28)38-35(29)33(24)34/h4-20,38H,1-3H3,(H,37,41). The molecular weight excluding hydrogens is 520 g/mol. The van der Waals surface area contributed by atoms with Gasteiger partial charge in [0.05, 0.1) is 24.0 Å². The highest BCUT2D eigenvalue weighted by Gasteiger charge is 2.19. The summed E-state index contributed by atoms with van der Waals surface area (Å²) in [6, 6.07) is 34.0. The first-order chi connectivity index (χ1) is 20.5. The van der Waals surface area contributed by atoms with Gasteiger partial charge >= 0.3 is 0 Å². The Hall–Kier alpha value is -5.49. The summed E-state index contributed by atoms with van der Waals surface area (Å²) in [7, 11) is 1.62. The second-order valence-electron chi connectivity index (χ2n) is 10.5. The summed E-state index contributed by atoms with van der Waals surface area (Å²) in [6.07, 6.45) is 0. The molecule has 0 spiro atoms. The van der Waals surface area contributed by atoms with Crippen LogP contribution in [0.4, 0.5) is 17.1 Å². The predicted octanol–water partition coefficient (Wildman–Crippen LogP) is 9.92. The third-order valence-corrected chi connectivity index (χ3v) is 7.87. The number of carbonyl (C=O) groups is 1. The van der Waals surface area contributed by atoms with Crippen LogP contribution in [-0.2, 0) is 0 Å². The average molecular weight is 549 g/mol. The number of hydrogen-bond donors (Lipinski definition) is 2. The Morgan fingerprint density at radius 2 is 1.57 bits per heavy atom. The fraction of sp³-hybridized carbons (Fsp3) is 0.0833. The van der Waals surface area contributed by atoms with Gasteiger partial charge in [-0.05, 0) is 72.6 Å². The number of carbonyl (C=O) groups excluding carboxylic acids is 1. The van der Waals surface area contributed by atoms with Crippen molar-refractivity contribution in [3.8, 4) is 5.75 Å². The van der Waals surface area contributed by atoms with Crippen LogP contribution in [-0.4, -0.2) is 18.0 Å². The Bertz CT molecular complexity index is 2190. The monoisotopic (exact) mass is 548 g/mol. The van der Waals surface area contributed by atoms with Crippen molar-refractivity contribution in [2.45, 2.75) is 13.8 Å². The van der Waals surface area contributed by atoms with Gasteiger partial charge in [0.2, 0.25) is 0 Å². The van der Waals surface area contributed by atoms with E-state index in [0.29, 0.717) is 16.9 Å². The lowest BCUT2D eigenvalue weighted by Gasteiger charge is -2.13. The van der Waals surface area contributed by atoms with E-state index in [-0.39, 0.29) is 5.91 Å². The number of fused-ring (bicyclic) bond motifs is 6. The Balaban J connectivity index is 1.43. The molecular formula is C36H28N4O2. The number of para-hydroxylation sites is 1. The zero-order valence-corrected chi connectivity index (χ0v) is 23.5. The topological polar surface area (TPSA) is 78.8 Å². The molecule has 2 N–H and O–H groups in total. The van der Waals surface area contributed by atoms with Gasteiger partial charge in [0, 0.05) is 38.3 Å². The fourth-order valence-electron chi connectivity index (χ4n) is 5.70. The van der Waals surface area contributed by atoms with Crippen LogP contribution in [0.15, 0.2) is 113 Å². The molecule has 6 heteroatoms. The van der Waals surface area contributed by atoms with Gasteiger partial charge in [-0.15, -0.1) is 10.2 Å². The third kappa shape index (κ3) is 4.34. The minimum absolute atomic E-state index is 0.214. The smallest absolute Gasteiger partial charge is 0.256 e. The number of ether oxygens (including phenoxy) is 1. The van der Waals surface area contributed by atoms with Crippen LogP contribution in [0, 0.1) is 13.8 Å². The summed E-state index contributed by atoms with van der Waals surface area (Å²) in [5.74, 6) is 0.511. The molecule has 0 radical (unpaired) electrons. The molecule has 6 nitrogen and oxygen atoms in total. The summed E-state index contributed by atoms with van der Waals surface area (Å²) in [6.45, 7) is 4.02. The Labute approximate surface area is 242 Å². The molecule has 1 aromatic heterocycles. The first-order valence-electron chi connectivity index (χ1n) is 13.8. The second kappa shape index (κ2) is 10.2.